The molecule has 0 saturated carbocycles. The van der Waals surface area contributed by atoms with E-state index < -0.39 is 23.7 Å². The molecular formula is C22H19F3N4O4S. The molecule has 34 heavy (non-hydrogen) atoms. The summed E-state index contributed by atoms with van der Waals surface area (Å²) in [7, 11) is 0. The zero-order valence-electron chi connectivity index (χ0n) is 18.5. The number of ether oxygens (including phenoxy) is 1. The van der Waals surface area contributed by atoms with Crippen molar-refractivity contribution < 1.29 is 31.9 Å². The molecule has 0 aliphatic heterocycles. The first-order valence-electron chi connectivity index (χ1n) is 10.1. The third-order valence-electron chi connectivity index (χ3n) is 4.88. The first-order valence-corrected chi connectivity index (χ1v) is 10.9. The van der Waals surface area contributed by atoms with Crippen molar-refractivity contribution >= 4 is 33.9 Å². The number of aryl methyl sites for hydroxylation is 1. The van der Waals surface area contributed by atoms with E-state index >= 15 is 0 Å². The van der Waals surface area contributed by atoms with Crippen LogP contribution in [0.2, 0.25) is 0 Å². The standard InChI is InChI=1S/C22H19F3N4O4S/c1-10(2)33-21(31)18-11(3)12(4)34-20(18)27-19(30)14-9-17-26-13(15-6-5-7-32-15)8-16(22(23,24)25)29(17)28-14/h5-10H,1-4H3,(H,27,30). The van der Waals surface area contributed by atoms with Gasteiger partial charge in [0.2, 0.25) is 0 Å². The topological polar surface area (TPSA) is 98.7 Å². The van der Waals surface area contributed by atoms with Gasteiger partial charge < -0.3 is 14.5 Å². The Kier molecular flexibility index (Phi) is 5.94. The quantitative estimate of drug-likeness (QED) is 0.369. The zero-order valence-corrected chi connectivity index (χ0v) is 19.3. The Morgan fingerprint density at radius 1 is 1.24 bits per heavy atom. The fourth-order valence-electron chi connectivity index (χ4n) is 3.24. The van der Waals surface area contributed by atoms with Gasteiger partial charge in [0.1, 0.15) is 10.7 Å². The molecule has 4 rings (SSSR count). The number of alkyl halides is 3. The Morgan fingerprint density at radius 2 is 1.97 bits per heavy atom. The van der Waals surface area contributed by atoms with E-state index in [9.17, 15) is 22.8 Å². The van der Waals surface area contributed by atoms with Crippen LogP contribution in [0.25, 0.3) is 17.1 Å². The summed E-state index contributed by atoms with van der Waals surface area (Å²) < 4.78 is 52.1. The Morgan fingerprint density at radius 3 is 2.59 bits per heavy atom. The van der Waals surface area contributed by atoms with Gasteiger partial charge in [0, 0.05) is 10.9 Å². The summed E-state index contributed by atoms with van der Waals surface area (Å²) in [6.07, 6.45) is -3.82. The molecule has 12 heteroatoms. The summed E-state index contributed by atoms with van der Waals surface area (Å²) >= 11 is 1.16. The molecule has 1 amide bonds. The molecule has 0 spiro atoms. The molecule has 4 aromatic heterocycles. The van der Waals surface area contributed by atoms with Gasteiger partial charge in [-0.05, 0) is 51.5 Å². The van der Waals surface area contributed by atoms with Crippen LogP contribution in [0.3, 0.4) is 0 Å². The number of halogens is 3. The van der Waals surface area contributed by atoms with Crippen LogP contribution < -0.4 is 5.32 Å². The second kappa shape index (κ2) is 8.60. The van der Waals surface area contributed by atoms with Gasteiger partial charge in [0.15, 0.2) is 22.8 Å². The van der Waals surface area contributed by atoms with Gasteiger partial charge >= 0.3 is 12.1 Å². The zero-order chi connectivity index (χ0) is 24.8. The number of hydrogen-bond acceptors (Lipinski definition) is 7. The van der Waals surface area contributed by atoms with Crippen LogP contribution in [0.1, 0.15) is 50.8 Å². The highest BCUT2D eigenvalue weighted by Crippen LogP contribution is 2.35. The number of rotatable bonds is 5. The van der Waals surface area contributed by atoms with Crippen molar-refractivity contribution in [2.24, 2.45) is 0 Å². The van der Waals surface area contributed by atoms with Gasteiger partial charge in [-0.3, -0.25) is 4.79 Å². The van der Waals surface area contributed by atoms with Crippen molar-refractivity contribution in [3.05, 3.63) is 57.9 Å². The molecule has 0 fully saturated rings. The number of nitrogens with one attached hydrogen (secondary N) is 1. The molecule has 0 bridgehead atoms. The van der Waals surface area contributed by atoms with Crippen molar-refractivity contribution in [2.45, 2.75) is 40.0 Å². The number of carbonyl (C=O) groups is 2. The van der Waals surface area contributed by atoms with Crippen LogP contribution in [-0.4, -0.2) is 32.6 Å². The number of furan rings is 1. The summed E-state index contributed by atoms with van der Waals surface area (Å²) in [5.41, 5.74) is -0.828. The van der Waals surface area contributed by atoms with Crippen LogP contribution in [0, 0.1) is 13.8 Å². The number of hydrogen-bond donors (Lipinski definition) is 1. The van der Waals surface area contributed by atoms with Crippen molar-refractivity contribution in [3.63, 3.8) is 0 Å². The van der Waals surface area contributed by atoms with Gasteiger partial charge in [-0.1, -0.05) is 0 Å². The average molecular weight is 492 g/mol. The predicted octanol–water partition coefficient (Wildman–Crippen LogP) is 5.50. The summed E-state index contributed by atoms with van der Waals surface area (Å²) in [6, 6.07) is 4.93. The van der Waals surface area contributed by atoms with Crippen LogP contribution in [0.15, 0.2) is 34.9 Å². The largest absolute Gasteiger partial charge is 0.463 e. The molecule has 0 radical (unpaired) electrons. The monoisotopic (exact) mass is 492 g/mol. The van der Waals surface area contributed by atoms with E-state index in [0.29, 0.717) is 10.1 Å². The van der Waals surface area contributed by atoms with Gasteiger partial charge in [-0.15, -0.1) is 11.3 Å². The lowest BCUT2D eigenvalue weighted by Crippen LogP contribution is -2.18. The first kappa shape index (κ1) is 23.5. The van der Waals surface area contributed by atoms with E-state index in [2.05, 4.69) is 15.4 Å². The molecule has 0 aromatic carbocycles. The summed E-state index contributed by atoms with van der Waals surface area (Å²) in [5, 5.41) is 6.63. The molecule has 0 saturated heterocycles. The second-order valence-corrected chi connectivity index (χ2v) is 8.92. The number of fused-ring (bicyclic) bond motifs is 1. The molecule has 0 unspecified atom stereocenters. The molecule has 0 aliphatic rings. The van der Waals surface area contributed by atoms with Crippen LogP contribution in [0.4, 0.5) is 18.2 Å². The normalized spacial score (nSPS) is 11.9. The minimum absolute atomic E-state index is 0.0556. The Hall–Kier alpha value is -3.67. The number of nitrogens with zero attached hydrogens (tertiary/aromatic N) is 3. The van der Waals surface area contributed by atoms with E-state index in [1.54, 1.807) is 27.7 Å². The smallest absolute Gasteiger partial charge is 0.433 e. The third-order valence-corrected chi connectivity index (χ3v) is 6.01. The lowest BCUT2D eigenvalue weighted by molar-refractivity contribution is -0.142. The maximum Gasteiger partial charge on any atom is 0.433 e. The third kappa shape index (κ3) is 4.40. The highest BCUT2D eigenvalue weighted by atomic mass is 32.1. The van der Waals surface area contributed by atoms with Crippen LogP contribution in [0.5, 0.6) is 0 Å². The molecule has 8 nitrogen and oxygen atoms in total. The number of carbonyl (C=O) groups excluding carboxylic acids is 2. The Balaban J connectivity index is 1.74. The molecule has 0 aliphatic carbocycles. The van der Waals surface area contributed by atoms with E-state index in [-0.39, 0.29) is 39.5 Å². The van der Waals surface area contributed by atoms with Crippen molar-refractivity contribution in [3.8, 4) is 11.5 Å². The lowest BCUT2D eigenvalue weighted by atomic mass is 10.1. The Bertz CT molecular complexity index is 1390. The van der Waals surface area contributed by atoms with Gasteiger partial charge in [0.25, 0.3) is 5.91 Å². The number of esters is 1. The SMILES string of the molecule is Cc1sc(NC(=O)c2cc3nc(-c4ccco4)cc(C(F)(F)F)n3n2)c(C(=O)OC(C)C)c1C. The average Bonchev–Trinajstić information content (AvgIpc) is 3.45. The molecular weight excluding hydrogens is 473 g/mol. The van der Waals surface area contributed by atoms with E-state index in [0.717, 1.165) is 28.3 Å². The minimum atomic E-state index is -4.77. The van der Waals surface area contributed by atoms with E-state index in [1.165, 1.54) is 18.4 Å². The fourth-order valence-corrected chi connectivity index (χ4v) is 4.28. The fraction of sp³-hybridized carbons (Fsp3) is 0.273. The second-order valence-electron chi connectivity index (χ2n) is 7.70. The highest BCUT2D eigenvalue weighted by Gasteiger charge is 2.36. The predicted molar refractivity (Wildman–Crippen MR) is 118 cm³/mol. The van der Waals surface area contributed by atoms with Crippen molar-refractivity contribution in [1.82, 2.24) is 14.6 Å². The maximum absolute atomic E-state index is 13.7. The van der Waals surface area contributed by atoms with Crippen molar-refractivity contribution in [1.29, 1.82) is 0 Å². The maximum atomic E-state index is 13.7. The van der Waals surface area contributed by atoms with Gasteiger partial charge in [-0.2, -0.15) is 18.3 Å². The molecule has 0 atom stereocenters. The highest BCUT2D eigenvalue weighted by molar-refractivity contribution is 7.16. The molecule has 178 valence electrons. The van der Waals surface area contributed by atoms with Gasteiger partial charge in [0.05, 0.1) is 17.9 Å². The van der Waals surface area contributed by atoms with Crippen LogP contribution in [-0.2, 0) is 10.9 Å². The van der Waals surface area contributed by atoms with E-state index in [4.69, 9.17) is 9.15 Å². The number of thiophene rings is 1. The summed E-state index contributed by atoms with van der Waals surface area (Å²) in [6.45, 7) is 6.90. The summed E-state index contributed by atoms with van der Waals surface area (Å²) in [5.74, 6) is -1.26. The van der Waals surface area contributed by atoms with Gasteiger partial charge in [-0.25, -0.2) is 14.3 Å². The van der Waals surface area contributed by atoms with Crippen LogP contribution >= 0.6 is 11.3 Å². The molecule has 1 N–H and O–H groups in total. The first-order chi connectivity index (χ1) is 16.0. The van der Waals surface area contributed by atoms with Crippen molar-refractivity contribution in [2.75, 3.05) is 5.32 Å². The van der Waals surface area contributed by atoms with E-state index in [1.807, 2.05) is 0 Å². The molecule has 4 heterocycles. The number of amides is 1. The number of anilines is 1. The lowest BCUT2D eigenvalue weighted by Gasteiger charge is -2.10. The number of aromatic nitrogens is 3. The summed E-state index contributed by atoms with van der Waals surface area (Å²) in [4.78, 5) is 30.4. The minimum Gasteiger partial charge on any atom is -0.463 e. The Labute approximate surface area is 195 Å². The molecule has 4 aromatic rings.